The lowest BCUT2D eigenvalue weighted by Crippen LogP contribution is -2.37. The van der Waals surface area contributed by atoms with Gasteiger partial charge in [-0.15, -0.1) is 0 Å². The summed E-state index contributed by atoms with van der Waals surface area (Å²) in [5.74, 6) is -0.864. The van der Waals surface area contributed by atoms with Crippen molar-refractivity contribution in [2.24, 2.45) is 0 Å². The van der Waals surface area contributed by atoms with E-state index in [1.54, 1.807) is 0 Å². The zero-order valence-corrected chi connectivity index (χ0v) is 33.5. The Morgan fingerprint density at radius 3 is 1.64 bits per heavy atom. The number of allylic oxidation sites excluding steroid dienone is 6. The summed E-state index contributed by atoms with van der Waals surface area (Å²) < 4.78 is 33.7. The van der Waals surface area contributed by atoms with E-state index in [1.807, 2.05) is 21.1 Å². The number of carbonyl (C=O) groups is 2. The van der Waals surface area contributed by atoms with Gasteiger partial charge in [0.15, 0.2) is 6.10 Å². The Balaban J connectivity index is 4.41. The van der Waals surface area contributed by atoms with Crippen LogP contribution in [0.5, 0.6) is 0 Å². The second kappa shape index (κ2) is 33.1. The van der Waals surface area contributed by atoms with Crippen LogP contribution in [0.1, 0.15) is 155 Å². The number of nitrogens with zero attached hydrogens (tertiary/aromatic N) is 1. The Bertz CT molecular complexity index is 959. The fourth-order valence-electron chi connectivity index (χ4n) is 5.01. The van der Waals surface area contributed by atoms with Crippen LogP contribution >= 0.6 is 7.82 Å². The van der Waals surface area contributed by atoms with Crippen molar-refractivity contribution in [1.29, 1.82) is 0 Å². The molecule has 10 heteroatoms. The second-order valence-electron chi connectivity index (χ2n) is 14.3. The molecule has 0 N–H and O–H groups in total. The average molecular weight is 728 g/mol. The van der Waals surface area contributed by atoms with Crippen LogP contribution in [0, 0.1) is 0 Å². The standard InChI is InChI=1S/C40H74NO8P/c1-6-8-10-12-14-16-17-18-19-20-21-22-23-25-26-28-30-32-39(42)46-36-38(37-48-50(44,45)47-35-34-41(3,4)5)49-40(43)33-31-29-27-24-15-13-11-9-7-2/h14,16,18-19,21-22,38H,6-13,15,17,20,23-37H2,1-5H3/b16-14+,19-18+,22-21+/t38-/m0/s1. The lowest BCUT2D eigenvalue weighted by atomic mass is 10.1. The van der Waals surface area contributed by atoms with Crippen LogP contribution in [-0.4, -0.2) is 70.0 Å². The maximum Gasteiger partial charge on any atom is 0.306 e. The summed E-state index contributed by atoms with van der Waals surface area (Å²) in [5, 5.41) is 0. The first kappa shape index (κ1) is 48.2. The number of quaternary nitrogens is 1. The van der Waals surface area contributed by atoms with Crippen LogP contribution < -0.4 is 4.89 Å². The molecule has 0 aromatic rings. The molecule has 0 bridgehead atoms. The predicted octanol–water partition coefficient (Wildman–Crippen LogP) is 9.94. The molecule has 1 unspecified atom stereocenters. The third kappa shape index (κ3) is 36.0. The largest absolute Gasteiger partial charge is 0.756 e. The van der Waals surface area contributed by atoms with Gasteiger partial charge in [-0.1, -0.05) is 127 Å². The average Bonchev–Trinajstić information content (AvgIpc) is 3.06. The number of hydrogen-bond acceptors (Lipinski definition) is 8. The Morgan fingerprint density at radius 1 is 0.620 bits per heavy atom. The lowest BCUT2D eigenvalue weighted by Gasteiger charge is -2.28. The molecule has 0 fully saturated rings. The van der Waals surface area contributed by atoms with Gasteiger partial charge in [0, 0.05) is 12.8 Å². The first-order valence-corrected chi connectivity index (χ1v) is 21.2. The van der Waals surface area contributed by atoms with E-state index in [1.165, 1.54) is 57.8 Å². The quantitative estimate of drug-likeness (QED) is 0.0209. The zero-order chi connectivity index (χ0) is 37.2. The number of phosphoric ester groups is 1. The third-order valence-corrected chi connectivity index (χ3v) is 9.13. The van der Waals surface area contributed by atoms with Gasteiger partial charge in [-0.2, -0.15) is 0 Å². The number of unbranched alkanes of at least 4 members (excludes halogenated alkanes) is 15. The van der Waals surface area contributed by atoms with E-state index in [4.69, 9.17) is 18.5 Å². The molecule has 0 aliphatic rings. The van der Waals surface area contributed by atoms with Gasteiger partial charge in [-0.05, 0) is 51.4 Å². The highest BCUT2D eigenvalue weighted by Gasteiger charge is 2.21. The normalized spacial score (nSPS) is 14.1. The summed E-state index contributed by atoms with van der Waals surface area (Å²) in [6, 6.07) is 0. The lowest BCUT2D eigenvalue weighted by molar-refractivity contribution is -0.870. The molecule has 0 aromatic heterocycles. The Hall–Kier alpha value is -1.77. The van der Waals surface area contributed by atoms with Crippen LogP contribution in [-0.2, 0) is 32.7 Å². The van der Waals surface area contributed by atoms with Gasteiger partial charge in [-0.3, -0.25) is 14.2 Å². The van der Waals surface area contributed by atoms with Crippen molar-refractivity contribution in [2.45, 2.75) is 161 Å². The molecule has 0 spiro atoms. The van der Waals surface area contributed by atoms with Crippen molar-refractivity contribution in [3.8, 4) is 0 Å². The van der Waals surface area contributed by atoms with E-state index in [0.29, 0.717) is 23.9 Å². The van der Waals surface area contributed by atoms with E-state index in [2.05, 4.69) is 50.3 Å². The minimum atomic E-state index is -4.62. The molecule has 0 aliphatic heterocycles. The molecule has 0 radical (unpaired) electrons. The smallest absolute Gasteiger partial charge is 0.306 e. The minimum Gasteiger partial charge on any atom is -0.756 e. The molecule has 0 aliphatic carbocycles. The maximum absolute atomic E-state index is 12.5. The van der Waals surface area contributed by atoms with Crippen LogP contribution in [0.25, 0.3) is 0 Å². The number of ether oxygens (including phenoxy) is 2. The van der Waals surface area contributed by atoms with Crippen molar-refractivity contribution in [3.05, 3.63) is 36.5 Å². The molecule has 292 valence electrons. The molecule has 0 saturated carbocycles. The summed E-state index contributed by atoms with van der Waals surface area (Å²) in [6.07, 6.45) is 34.6. The van der Waals surface area contributed by atoms with Crippen molar-refractivity contribution in [1.82, 2.24) is 0 Å². The third-order valence-electron chi connectivity index (χ3n) is 8.16. The summed E-state index contributed by atoms with van der Waals surface area (Å²) in [4.78, 5) is 37.3. The van der Waals surface area contributed by atoms with E-state index < -0.39 is 32.5 Å². The summed E-state index contributed by atoms with van der Waals surface area (Å²) in [7, 11) is 1.15. The van der Waals surface area contributed by atoms with Gasteiger partial charge >= 0.3 is 11.9 Å². The molecule has 0 heterocycles. The van der Waals surface area contributed by atoms with E-state index in [9.17, 15) is 19.0 Å². The number of phosphoric acid groups is 1. The van der Waals surface area contributed by atoms with Gasteiger partial charge in [0.2, 0.25) is 0 Å². The summed E-state index contributed by atoms with van der Waals surface area (Å²) in [5.41, 5.74) is 0. The van der Waals surface area contributed by atoms with E-state index >= 15 is 0 Å². The van der Waals surface area contributed by atoms with Gasteiger partial charge < -0.3 is 27.9 Å². The number of hydrogen-bond donors (Lipinski definition) is 0. The van der Waals surface area contributed by atoms with Crippen LogP contribution in [0.15, 0.2) is 36.5 Å². The topological polar surface area (TPSA) is 111 Å². The molecule has 9 nitrogen and oxygen atoms in total. The van der Waals surface area contributed by atoms with Gasteiger partial charge in [0.05, 0.1) is 27.7 Å². The first-order valence-electron chi connectivity index (χ1n) is 19.7. The predicted molar refractivity (Wildman–Crippen MR) is 204 cm³/mol. The number of esters is 2. The Morgan fingerprint density at radius 2 is 1.08 bits per heavy atom. The van der Waals surface area contributed by atoms with Crippen molar-refractivity contribution in [2.75, 3.05) is 47.5 Å². The fraction of sp³-hybridized carbons (Fsp3) is 0.800. The van der Waals surface area contributed by atoms with Gasteiger partial charge in [-0.25, -0.2) is 0 Å². The maximum atomic E-state index is 12.5. The fourth-order valence-corrected chi connectivity index (χ4v) is 5.74. The van der Waals surface area contributed by atoms with Gasteiger partial charge in [0.1, 0.15) is 19.8 Å². The number of likely N-dealkylation sites (N-methyl/N-ethyl adjacent to an activating group) is 1. The van der Waals surface area contributed by atoms with Crippen molar-refractivity contribution < 1.29 is 42.1 Å². The van der Waals surface area contributed by atoms with Crippen LogP contribution in [0.2, 0.25) is 0 Å². The summed E-state index contributed by atoms with van der Waals surface area (Å²) >= 11 is 0. The highest BCUT2D eigenvalue weighted by Crippen LogP contribution is 2.38. The molecular weight excluding hydrogens is 653 g/mol. The Labute approximate surface area is 306 Å². The monoisotopic (exact) mass is 728 g/mol. The SMILES string of the molecule is CCCCC/C=C/C/C=C/C/C=C/CCCCCCC(=O)OC[C@@H](COP(=O)([O-])OCC[N+](C)(C)C)OC(=O)CCCCCCCCCCC. The second-order valence-corrected chi connectivity index (χ2v) is 15.7. The van der Waals surface area contributed by atoms with Crippen molar-refractivity contribution >= 4 is 19.8 Å². The molecule has 0 saturated heterocycles. The highest BCUT2D eigenvalue weighted by molar-refractivity contribution is 7.45. The molecule has 50 heavy (non-hydrogen) atoms. The molecule has 0 aromatic carbocycles. The molecule has 2 atom stereocenters. The van der Waals surface area contributed by atoms with Crippen molar-refractivity contribution in [3.63, 3.8) is 0 Å². The molecule has 0 rings (SSSR count). The zero-order valence-electron chi connectivity index (χ0n) is 32.6. The van der Waals surface area contributed by atoms with Crippen LogP contribution in [0.4, 0.5) is 0 Å². The molecule has 0 amide bonds. The van der Waals surface area contributed by atoms with E-state index in [-0.39, 0.29) is 26.1 Å². The molecular formula is C40H74NO8P. The highest BCUT2D eigenvalue weighted by atomic mass is 31.2. The first-order chi connectivity index (χ1) is 24.0. The van der Waals surface area contributed by atoms with Crippen LogP contribution in [0.3, 0.4) is 0 Å². The number of carbonyl (C=O) groups excluding carboxylic acids is 2. The van der Waals surface area contributed by atoms with Gasteiger partial charge in [0.25, 0.3) is 7.82 Å². The Kier molecular flexibility index (Phi) is 31.9. The van der Waals surface area contributed by atoms with E-state index in [0.717, 1.165) is 57.8 Å². The minimum absolute atomic E-state index is 0.0344. The summed E-state index contributed by atoms with van der Waals surface area (Å²) in [6.45, 7) is 4.13. The number of rotatable bonds is 35.